The van der Waals surface area contributed by atoms with Crippen molar-refractivity contribution in [2.24, 2.45) is 40.4 Å². The highest BCUT2D eigenvalue weighted by Gasteiger charge is 2.60. The van der Waals surface area contributed by atoms with Crippen LogP contribution in [0.1, 0.15) is 85.5 Å². The molecule has 0 heterocycles. The topological polar surface area (TPSA) is 46.5 Å². The van der Waals surface area contributed by atoms with Crippen molar-refractivity contribution in [1.82, 2.24) is 0 Å². The van der Waals surface area contributed by atoms with Crippen molar-refractivity contribution in [3.05, 3.63) is 0 Å². The van der Waals surface area contributed by atoms with Crippen LogP contribution in [0.5, 0.6) is 0 Å². The van der Waals surface area contributed by atoms with E-state index >= 15 is 0 Å². The number of ether oxygens (including phenoxy) is 1. The number of aliphatic hydroxyl groups is 1. The van der Waals surface area contributed by atoms with Crippen LogP contribution in [0.15, 0.2) is 0 Å². The van der Waals surface area contributed by atoms with Crippen molar-refractivity contribution in [3.8, 4) is 0 Å². The van der Waals surface area contributed by atoms with Crippen LogP contribution < -0.4 is 0 Å². The first kappa shape index (κ1) is 18.8. The lowest BCUT2D eigenvalue weighted by Gasteiger charge is -2.61. The molecule has 4 aliphatic rings. The quantitative estimate of drug-likeness (QED) is 0.706. The van der Waals surface area contributed by atoms with Gasteiger partial charge in [-0.15, -0.1) is 0 Å². The predicted octanol–water partition coefficient (Wildman–Crippen LogP) is 4.96. The van der Waals surface area contributed by atoms with Crippen molar-refractivity contribution in [1.29, 1.82) is 0 Å². The van der Waals surface area contributed by atoms with Crippen LogP contribution in [0.4, 0.5) is 0 Å². The molecule has 9 atom stereocenters. The Labute approximate surface area is 159 Å². The minimum Gasteiger partial charge on any atom is -0.463 e. The molecule has 4 saturated carbocycles. The molecule has 4 fully saturated rings. The SMILES string of the molecule is CC(=O)O[C@@H](C)[C@H]1CC[C@H]2[C@@H]3CC[C@@H]4C[C@@H](O)CC[C@]4(C)[C@H]3CC[C@]12C. The fourth-order valence-corrected chi connectivity index (χ4v) is 8.39. The highest BCUT2D eigenvalue weighted by molar-refractivity contribution is 5.66. The summed E-state index contributed by atoms with van der Waals surface area (Å²) in [6.45, 7) is 8.72. The third-order valence-electron chi connectivity index (χ3n) is 9.63. The number of hydrogen-bond donors (Lipinski definition) is 1. The van der Waals surface area contributed by atoms with Crippen LogP contribution in [0.2, 0.25) is 0 Å². The van der Waals surface area contributed by atoms with Gasteiger partial charge < -0.3 is 9.84 Å². The monoisotopic (exact) mass is 362 g/mol. The van der Waals surface area contributed by atoms with E-state index in [0.717, 1.165) is 36.5 Å². The number of carbonyl (C=O) groups is 1. The van der Waals surface area contributed by atoms with Crippen molar-refractivity contribution < 1.29 is 14.6 Å². The van der Waals surface area contributed by atoms with Gasteiger partial charge in [0.25, 0.3) is 0 Å². The molecule has 148 valence electrons. The summed E-state index contributed by atoms with van der Waals surface area (Å²) in [5, 5.41) is 10.2. The molecule has 0 bridgehead atoms. The Morgan fingerprint density at radius 3 is 2.42 bits per heavy atom. The van der Waals surface area contributed by atoms with Crippen LogP contribution in [0.25, 0.3) is 0 Å². The van der Waals surface area contributed by atoms with Crippen molar-refractivity contribution >= 4 is 5.97 Å². The van der Waals surface area contributed by atoms with E-state index in [4.69, 9.17) is 4.74 Å². The van der Waals surface area contributed by atoms with Gasteiger partial charge >= 0.3 is 5.97 Å². The van der Waals surface area contributed by atoms with Crippen molar-refractivity contribution in [2.75, 3.05) is 0 Å². The number of hydrogen-bond acceptors (Lipinski definition) is 3. The van der Waals surface area contributed by atoms with Gasteiger partial charge in [0.2, 0.25) is 0 Å². The first-order chi connectivity index (χ1) is 12.3. The maximum Gasteiger partial charge on any atom is 0.302 e. The average Bonchev–Trinajstić information content (AvgIpc) is 2.92. The first-order valence-electron chi connectivity index (χ1n) is 11.1. The van der Waals surface area contributed by atoms with Gasteiger partial charge in [-0.1, -0.05) is 13.8 Å². The molecule has 0 aromatic rings. The van der Waals surface area contributed by atoms with Crippen LogP contribution in [0, 0.1) is 40.4 Å². The molecule has 0 saturated heterocycles. The molecule has 26 heavy (non-hydrogen) atoms. The summed E-state index contributed by atoms with van der Waals surface area (Å²) in [6, 6.07) is 0. The zero-order valence-electron chi connectivity index (χ0n) is 17.2. The molecule has 0 aromatic heterocycles. The Morgan fingerprint density at radius 2 is 1.69 bits per heavy atom. The molecular formula is C23H38O3. The Bertz CT molecular complexity index is 560. The predicted molar refractivity (Wildman–Crippen MR) is 102 cm³/mol. The Hall–Kier alpha value is -0.570. The Morgan fingerprint density at radius 1 is 1.00 bits per heavy atom. The second kappa shape index (κ2) is 6.50. The van der Waals surface area contributed by atoms with Crippen LogP contribution in [-0.4, -0.2) is 23.3 Å². The van der Waals surface area contributed by atoms with E-state index in [1.807, 2.05) is 0 Å². The number of fused-ring (bicyclic) bond motifs is 5. The molecule has 0 unspecified atom stereocenters. The molecule has 0 radical (unpaired) electrons. The molecule has 3 nitrogen and oxygen atoms in total. The number of carbonyl (C=O) groups excluding carboxylic acids is 1. The van der Waals surface area contributed by atoms with E-state index in [0.29, 0.717) is 16.7 Å². The molecule has 0 spiro atoms. The van der Waals surface area contributed by atoms with Crippen LogP contribution >= 0.6 is 0 Å². The maximum atomic E-state index is 11.5. The fraction of sp³-hybridized carbons (Fsp3) is 0.957. The number of aliphatic hydroxyl groups excluding tert-OH is 1. The minimum absolute atomic E-state index is 0.0517. The maximum absolute atomic E-state index is 11.5. The first-order valence-corrected chi connectivity index (χ1v) is 11.1. The molecule has 4 aliphatic carbocycles. The highest BCUT2D eigenvalue weighted by Crippen LogP contribution is 2.67. The molecule has 4 rings (SSSR count). The molecular weight excluding hydrogens is 324 g/mol. The van der Waals surface area contributed by atoms with Gasteiger partial charge in [-0.2, -0.15) is 0 Å². The van der Waals surface area contributed by atoms with E-state index in [1.165, 1.54) is 44.9 Å². The lowest BCUT2D eigenvalue weighted by molar-refractivity contribution is -0.156. The summed E-state index contributed by atoms with van der Waals surface area (Å²) in [5.74, 6) is 3.61. The number of rotatable bonds is 2. The Balaban J connectivity index is 1.55. The summed E-state index contributed by atoms with van der Waals surface area (Å²) in [5.41, 5.74) is 0.788. The number of esters is 1. The van der Waals surface area contributed by atoms with Crippen LogP contribution in [0.3, 0.4) is 0 Å². The van der Waals surface area contributed by atoms with Gasteiger partial charge in [0.1, 0.15) is 6.10 Å². The van der Waals surface area contributed by atoms with E-state index in [1.54, 1.807) is 6.92 Å². The third-order valence-corrected chi connectivity index (χ3v) is 9.63. The van der Waals surface area contributed by atoms with Gasteiger partial charge in [0.05, 0.1) is 6.10 Å². The summed E-state index contributed by atoms with van der Waals surface area (Å²) >= 11 is 0. The largest absolute Gasteiger partial charge is 0.463 e. The summed E-state index contributed by atoms with van der Waals surface area (Å²) in [7, 11) is 0. The zero-order valence-corrected chi connectivity index (χ0v) is 17.2. The molecule has 0 aromatic carbocycles. The molecule has 0 aliphatic heterocycles. The second-order valence-electron chi connectivity index (χ2n) is 10.6. The smallest absolute Gasteiger partial charge is 0.302 e. The minimum atomic E-state index is -0.132. The fourth-order valence-electron chi connectivity index (χ4n) is 8.39. The Kier molecular flexibility index (Phi) is 4.69. The standard InChI is InChI=1S/C23H38O3/c1-14(26-15(2)24)19-7-8-20-18-6-5-16-13-17(25)9-11-22(16,3)21(18)10-12-23(19,20)4/h14,16-21,25H,5-13H2,1-4H3/t14-,16+,17-,18-,19+,20-,21-,22-,23+/m0/s1. The van der Waals surface area contributed by atoms with Gasteiger partial charge in [-0.3, -0.25) is 4.79 Å². The van der Waals surface area contributed by atoms with Crippen LogP contribution in [-0.2, 0) is 9.53 Å². The van der Waals surface area contributed by atoms with E-state index in [-0.39, 0.29) is 18.2 Å². The molecule has 0 amide bonds. The third kappa shape index (κ3) is 2.75. The second-order valence-corrected chi connectivity index (χ2v) is 10.6. The van der Waals surface area contributed by atoms with Crippen molar-refractivity contribution in [3.63, 3.8) is 0 Å². The molecule has 1 N–H and O–H groups in total. The summed E-state index contributed by atoms with van der Waals surface area (Å²) in [6.07, 6.45) is 11.1. The van der Waals surface area contributed by atoms with E-state index in [9.17, 15) is 9.90 Å². The van der Waals surface area contributed by atoms with Gasteiger partial charge in [-0.25, -0.2) is 0 Å². The highest BCUT2D eigenvalue weighted by atomic mass is 16.5. The summed E-state index contributed by atoms with van der Waals surface area (Å²) < 4.78 is 5.64. The lowest BCUT2D eigenvalue weighted by Crippen LogP contribution is -2.54. The average molecular weight is 363 g/mol. The van der Waals surface area contributed by atoms with E-state index < -0.39 is 0 Å². The molecule has 3 heteroatoms. The van der Waals surface area contributed by atoms with E-state index in [2.05, 4.69) is 20.8 Å². The van der Waals surface area contributed by atoms with Gasteiger partial charge in [-0.05, 0) is 99.2 Å². The summed E-state index contributed by atoms with van der Waals surface area (Å²) in [4.78, 5) is 11.5. The zero-order chi connectivity index (χ0) is 18.7. The van der Waals surface area contributed by atoms with Gasteiger partial charge in [0, 0.05) is 12.8 Å². The van der Waals surface area contributed by atoms with Crippen molar-refractivity contribution in [2.45, 2.75) is 97.7 Å². The lowest BCUT2D eigenvalue weighted by atomic mass is 9.44. The van der Waals surface area contributed by atoms with Gasteiger partial charge in [0.15, 0.2) is 0 Å². The normalized spacial score (nSPS) is 51.7.